The lowest BCUT2D eigenvalue weighted by Gasteiger charge is -2.15. The van der Waals surface area contributed by atoms with E-state index in [0.29, 0.717) is 0 Å². The van der Waals surface area contributed by atoms with Crippen molar-refractivity contribution < 1.29 is 9.15 Å². The van der Waals surface area contributed by atoms with Gasteiger partial charge >= 0.3 is 0 Å². The highest BCUT2D eigenvalue weighted by molar-refractivity contribution is 6.04. The lowest BCUT2D eigenvalue weighted by molar-refractivity contribution is -0.401. The van der Waals surface area contributed by atoms with Gasteiger partial charge in [-0.05, 0) is 27.7 Å². The molecule has 2 aromatic carbocycles. The van der Waals surface area contributed by atoms with E-state index in [1.807, 2.05) is 0 Å². The average molecular weight is 371 g/mol. The molecular formula is C26H30N2+2. The fourth-order valence-corrected chi connectivity index (χ4v) is 4.90. The minimum absolute atomic E-state index is 0.0164. The van der Waals surface area contributed by atoms with Gasteiger partial charge in [-0.15, -0.1) is 0 Å². The van der Waals surface area contributed by atoms with Gasteiger partial charge in [0, 0.05) is 35.4 Å². The molecule has 2 aliphatic rings. The molecule has 142 valence electrons. The van der Waals surface area contributed by atoms with E-state index in [9.17, 15) is 0 Å². The number of allylic oxidation sites excluding steroid dienone is 4. The molecule has 2 heterocycles. The van der Waals surface area contributed by atoms with E-state index in [2.05, 4.69) is 124 Å². The Morgan fingerprint density at radius 2 is 0.964 bits per heavy atom. The molecule has 2 nitrogen and oxygen atoms in total. The SMILES string of the molecule is C[N+]1=C(/C=C/C=C/C2=[N+](C)c3ccccc3C2(C)C)C(C)(C)c2ccccc21. The van der Waals surface area contributed by atoms with Crippen LogP contribution in [0, 0.1) is 0 Å². The standard InChI is InChI=1S/C26H30N2/c1-25(2)19-13-7-9-15-21(19)27(5)23(25)17-11-12-18-24-26(3,4)20-14-8-10-16-22(20)28(24)6/h7-18H,1-6H3/q+2/b17-11+,18-12+. The molecule has 2 aliphatic heterocycles. The van der Waals surface area contributed by atoms with Crippen molar-refractivity contribution in [3.8, 4) is 0 Å². The molecule has 2 aromatic rings. The van der Waals surface area contributed by atoms with E-state index in [4.69, 9.17) is 0 Å². The minimum Gasteiger partial charge on any atom is -0.198 e. The Hall–Kier alpha value is -2.74. The third kappa shape index (κ3) is 2.63. The number of para-hydroxylation sites is 2. The van der Waals surface area contributed by atoms with Gasteiger partial charge in [-0.1, -0.05) is 48.6 Å². The highest BCUT2D eigenvalue weighted by atomic mass is 15.0. The van der Waals surface area contributed by atoms with E-state index in [1.54, 1.807) is 0 Å². The van der Waals surface area contributed by atoms with Gasteiger partial charge in [0.1, 0.15) is 14.1 Å². The van der Waals surface area contributed by atoms with Gasteiger partial charge in [-0.2, -0.15) is 9.15 Å². The Morgan fingerprint density at radius 1 is 0.607 bits per heavy atom. The summed E-state index contributed by atoms with van der Waals surface area (Å²) in [5.74, 6) is 0. The van der Waals surface area contributed by atoms with E-state index >= 15 is 0 Å². The van der Waals surface area contributed by atoms with Crippen molar-refractivity contribution in [3.05, 3.63) is 84.0 Å². The zero-order chi connectivity index (χ0) is 20.1. The van der Waals surface area contributed by atoms with Gasteiger partial charge in [0.05, 0.1) is 10.8 Å². The molecule has 0 aliphatic carbocycles. The van der Waals surface area contributed by atoms with Gasteiger partial charge in [0.15, 0.2) is 11.4 Å². The maximum atomic E-state index is 2.31. The van der Waals surface area contributed by atoms with Crippen LogP contribution in [0.2, 0.25) is 0 Å². The molecule has 0 fully saturated rings. The normalized spacial score (nSPS) is 19.8. The summed E-state index contributed by atoms with van der Waals surface area (Å²) < 4.78 is 4.63. The molecule has 0 spiro atoms. The summed E-state index contributed by atoms with van der Waals surface area (Å²) in [5.41, 5.74) is 8.07. The second-order valence-electron chi connectivity index (χ2n) is 8.89. The summed E-state index contributed by atoms with van der Waals surface area (Å²) in [6, 6.07) is 17.4. The fraction of sp³-hybridized carbons (Fsp3) is 0.308. The van der Waals surface area contributed by atoms with Crippen molar-refractivity contribution in [2.45, 2.75) is 38.5 Å². The van der Waals surface area contributed by atoms with Crippen LogP contribution in [-0.4, -0.2) is 34.7 Å². The molecule has 2 heteroatoms. The first-order valence-corrected chi connectivity index (χ1v) is 10.0. The maximum absolute atomic E-state index is 2.31. The minimum atomic E-state index is 0.0164. The van der Waals surface area contributed by atoms with E-state index in [0.717, 1.165) is 0 Å². The molecule has 28 heavy (non-hydrogen) atoms. The smallest absolute Gasteiger partial charge is 0.198 e. The Morgan fingerprint density at radius 3 is 1.32 bits per heavy atom. The molecule has 0 radical (unpaired) electrons. The third-order valence-corrected chi connectivity index (χ3v) is 6.50. The maximum Gasteiger partial charge on any atom is 0.209 e. The van der Waals surface area contributed by atoms with Crippen LogP contribution in [0.5, 0.6) is 0 Å². The van der Waals surface area contributed by atoms with Gasteiger partial charge in [0.2, 0.25) is 11.4 Å². The monoisotopic (exact) mass is 370 g/mol. The quantitative estimate of drug-likeness (QED) is 0.496. The number of rotatable bonds is 3. The first kappa shape index (κ1) is 18.6. The Kier molecular flexibility index (Phi) is 4.26. The third-order valence-electron chi connectivity index (χ3n) is 6.50. The molecule has 0 bridgehead atoms. The molecular weight excluding hydrogens is 340 g/mol. The highest BCUT2D eigenvalue weighted by Crippen LogP contribution is 2.40. The zero-order valence-corrected chi connectivity index (χ0v) is 17.8. The van der Waals surface area contributed by atoms with Crippen molar-refractivity contribution in [1.82, 2.24) is 0 Å². The number of hydrogen-bond donors (Lipinski definition) is 0. The van der Waals surface area contributed by atoms with Crippen LogP contribution >= 0.6 is 0 Å². The second-order valence-corrected chi connectivity index (χ2v) is 8.89. The Balaban J connectivity index is 1.63. The number of hydrogen-bond acceptors (Lipinski definition) is 0. The van der Waals surface area contributed by atoms with Crippen LogP contribution in [0.1, 0.15) is 38.8 Å². The molecule has 0 atom stereocenters. The summed E-state index contributed by atoms with van der Waals surface area (Å²) in [4.78, 5) is 0. The van der Waals surface area contributed by atoms with Crippen LogP contribution in [0.25, 0.3) is 0 Å². The van der Waals surface area contributed by atoms with Crippen LogP contribution in [0.4, 0.5) is 11.4 Å². The number of nitrogens with zero attached hydrogens (tertiary/aromatic N) is 2. The number of fused-ring (bicyclic) bond motifs is 2. The largest absolute Gasteiger partial charge is 0.209 e. The van der Waals surface area contributed by atoms with E-state index in [-0.39, 0.29) is 10.8 Å². The molecule has 0 unspecified atom stereocenters. The summed E-state index contributed by atoms with van der Waals surface area (Å²) in [6.07, 6.45) is 8.87. The van der Waals surface area contributed by atoms with E-state index in [1.165, 1.54) is 33.9 Å². The summed E-state index contributed by atoms with van der Waals surface area (Å²) in [6.45, 7) is 9.21. The summed E-state index contributed by atoms with van der Waals surface area (Å²) >= 11 is 0. The van der Waals surface area contributed by atoms with Crippen LogP contribution in [0.15, 0.2) is 72.8 Å². The number of benzene rings is 2. The average Bonchev–Trinajstić information content (AvgIpc) is 2.99. The summed E-state index contributed by atoms with van der Waals surface area (Å²) in [7, 11) is 4.33. The van der Waals surface area contributed by atoms with Crippen molar-refractivity contribution >= 4 is 22.8 Å². The second kappa shape index (κ2) is 6.41. The predicted molar refractivity (Wildman–Crippen MR) is 119 cm³/mol. The van der Waals surface area contributed by atoms with Gasteiger partial charge < -0.3 is 0 Å². The summed E-state index contributed by atoms with van der Waals surface area (Å²) in [5, 5.41) is 0. The molecule has 0 amide bonds. The first-order valence-electron chi connectivity index (χ1n) is 10.0. The lowest BCUT2D eigenvalue weighted by Crippen LogP contribution is -2.27. The molecule has 4 rings (SSSR count). The van der Waals surface area contributed by atoms with Crippen molar-refractivity contribution in [2.24, 2.45) is 0 Å². The topological polar surface area (TPSA) is 6.02 Å². The van der Waals surface area contributed by atoms with Crippen molar-refractivity contribution in [1.29, 1.82) is 0 Å². The predicted octanol–water partition coefficient (Wildman–Crippen LogP) is 5.51. The zero-order valence-electron chi connectivity index (χ0n) is 17.8. The van der Waals surface area contributed by atoms with Crippen LogP contribution in [-0.2, 0) is 10.8 Å². The highest BCUT2D eigenvalue weighted by Gasteiger charge is 2.43. The Bertz CT molecular complexity index is 988. The first-order chi connectivity index (χ1) is 13.3. The van der Waals surface area contributed by atoms with Gasteiger partial charge in [-0.25, -0.2) is 0 Å². The van der Waals surface area contributed by atoms with Gasteiger partial charge in [-0.3, -0.25) is 0 Å². The molecule has 0 saturated carbocycles. The van der Waals surface area contributed by atoms with Crippen LogP contribution < -0.4 is 0 Å². The van der Waals surface area contributed by atoms with Crippen LogP contribution in [0.3, 0.4) is 0 Å². The molecule has 0 aromatic heterocycles. The van der Waals surface area contributed by atoms with Crippen molar-refractivity contribution in [2.75, 3.05) is 14.1 Å². The van der Waals surface area contributed by atoms with Gasteiger partial charge in [0.25, 0.3) is 0 Å². The van der Waals surface area contributed by atoms with E-state index < -0.39 is 0 Å². The fourth-order valence-electron chi connectivity index (χ4n) is 4.90. The molecule has 0 saturated heterocycles. The van der Waals surface area contributed by atoms with Crippen molar-refractivity contribution in [3.63, 3.8) is 0 Å². The lowest BCUT2D eigenvalue weighted by atomic mass is 9.81. The molecule has 0 N–H and O–H groups in total. The Labute approximate surface area is 168 Å².